The van der Waals surface area contributed by atoms with Gasteiger partial charge in [0.15, 0.2) is 0 Å². The first-order chi connectivity index (χ1) is 6.20. The summed E-state index contributed by atoms with van der Waals surface area (Å²) in [6.07, 6.45) is 3.18. The van der Waals surface area contributed by atoms with Crippen molar-refractivity contribution in [2.45, 2.75) is 0 Å². The summed E-state index contributed by atoms with van der Waals surface area (Å²) in [6, 6.07) is 1.74. The third kappa shape index (κ3) is 1.15. The van der Waals surface area contributed by atoms with Crippen LogP contribution in [0.2, 0.25) is 5.15 Å². The molecular weight excluding hydrogens is 192 g/mol. The Labute approximate surface area is 78.2 Å². The number of halogens is 1. The van der Waals surface area contributed by atoms with Gasteiger partial charge in [0.2, 0.25) is 0 Å². The number of hydrogen-bond acceptors (Lipinski definition) is 2. The monoisotopic (exact) mass is 196 g/mol. The van der Waals surface area contributed by atoms with Crippen molar-refractivity contribution in [3.8, 4) is 0 Å². The largest absolute Gasteiger partial charge is 0.478 e. The molecule has 0 aliphatic rings. The molecule has 13 heavy (non-hydrogen) atoms. The first-order valence-corrected chi connectivity index (χ1v) is 3.93. The maximum Gasteiger partial charge on any atom is 0.341 e. The molecule has 2 aromatic rings. The second-order valence-electron chi connectivity index (χ2n) is 2.54. The number of aromatic nitrogens is 2. The second-order valence-corrected chi connectivity index (χ2v) is 2.90. The van der Waals surface area contributed by atoms with E-state index in [0.717, 1.165) is 5.39 Å². The van der Waals surface area contributed by atoms with Crippen molar-refractivity contribution in [1.82, 2.24) is 9.97 Å². The molecule has 2 N–H and O–H groups in total. The number of hydrogen-bond donors (Lipinski definition) is 2. The van der Waals surface area contributed by atoms with Crippen LogP contribution in [0, 0.1) is 0 Å². The standard InChI is InChI=1S/C8H5ClN2O2/c9-7-5(8(12)13)6-4(3-11-7)1-2-10-6/h1-3,10H,(H,12,13). The maximum atomic E-state index is 10.8. The highest BCUT2D eigenvalue weighted by Gasteiger charge is 2.14. The normalized spacial score (nSPS) is 10.5. The Morgan fingerprint density at radius 2 is 2.38 bits per heavy atom. The number of nitrogens with one attached hydrogen (secondary N) is 1. The molecule has 2 aromatic heterocycles. The van der Waals surface area contributed by atoms with E-state index in [1.54, 1.807) is 12.3 Å². The number of rotatable bonds is 1. The van der Waals surface area contributed by atoms with Crippen molar-refractivity contribution >= 4 is 28.5 Å². The highest BCUT2D eigenvalue weighted by molar-refractivity contribution is 6.33. The number of carbonyl (C=O) groups is 1. The third-order valence-corrected chi connectivity index (χ3v) is 2.05. The van der Waals surface area contributed by atoms with Gasteiger partial charge in [-0.2, -0.15) is 0 Å². The lowest BCUT2D eigenvalue weighted by Crippen LogP contribution is -2.00. The van der Waals surface area contributed by atoms with E-state index in [2.05, 4.69) is 9.97 Å². The molecule has 4 nitrogen and oxygen atoms in total. The molecule has 66 valence electrons. The predicted molar refractivity (Wildman–Crippen MR) is 48.1 cm³/mol. The summed E-state index contributed by atoms with van der Waals surface area (Å²) in [4.78, 5) is 17.4. The van der Waals surface area contributed by atoms with E-state index >= 15 is 0 Å². The van der Waals surface area contributed by atoms with E-state index in [4.69, 9.17) is 16.7 Å². The van der Waals surface area contributed by atoms with Crippen molar-refractivity contribution in [3.63, 3.8) is 0 Å². The van der Waals surface area contributed by atoms with Crippen LogP contribution in [-0.4, -0.2) is 21.0 Å². The van der Waals surface area contributed by atoms with Gasteiger partial charge in [-0.25, -0.2) is 9.78 Å². The van der Waals surface area contributed by atoms with Crippen LogP contribution in [0.5, 0.6) is 0 Å². The van der Waals surface area contributed by atoms with Gasteiger partial charge in [0.1, 0.15) is 10.7 Å². The Morgan fingerprint density at radius 3 is 3.08 bits per heavy atom. The van der Waals surface area contributed by atoms with Crippen molar-refractivity contribution in [2.75, 3.05) is 0 Å². The summed E-state index contributed by atoms with van der Waals surface area (Å²) >= 11 is 5.64. The van der Waals surface area contributed by atoms with E-state index < -0.39 is 5.97 Å². The molecule has 0 saturated heterocycles. The van der Waals surface area contributed by atoms with Crippen LogP contribution in [0.4, 0.5) is 0 Å². The zero-order valence-corrected chi connectivity index (χ0v) is 7.17. The zero-order valence-electron chi connectivity index (χ0n) is 6.41. The Morgan fingerprint density at radius 1 is 1.62 bits per heavy atom. The summed E-state index contributed by atoms with van der Waals surface area (Å²) in [5.74, 6) is -1.08. The van der Waals surface area contributed by atoms with Gasteiger partial charge >= 0.3 is 5.97 Å². The number of fused-ring (bicyclic) bond motifs is 1. The lowest BCUT2D eigenvalue weighted by Gasteiger charge is -1.98. The summed E-state index contributed by atoms with van der Waals surface area (Å²) in [7, 11) is 0. The van der Waals surface area contributed by atoms with Gasteiger partial charge in [0.25, 0.3) is 0 Å². The number of aromatic carboxylic acids is 1. The number of pyridine rings is 1. The number of aromatic amines is 1. The highest BCUT2D eigenvalue weighted by Crippen LogP contribution is 2.22. The van der Waals surface area contributed by atoms with Gasteiger partial charge < -0.3 is 10.1 Å². The summed E-state index contributed by atoms with van der Waals surface area (Å²) in [5, 5.41) is 9.58. The molecule has 0 fully saturated rings. The first-order valence-electron chi connectivity index (χ1n) is 3.55. The number of H-pyrrole nitrogens is 1. The molecule has 0 aliphatic heterocycles. The van der Waals surface area contributed by atoms with Gasteiger partial charge in [-0.3, -0.25) is 0 Å². The molecule has 0 saturated carbocycles. The molecule has 0 amide bonds. The van der Waals surface area contributed by atoms with Crippen LogP contribution < -0.4 is 0 Å². The lowest BCUT2D eigenvalue weighted by molar-refractivity contribution is 0.0698. The number of nitrogens with zero attached hydrogens (tertiary/aromatic N) is 1. The van der Waals surface area contributed by atoms with Crippen molar-refractivity contribution in [2.24, 2.45) is 0 Å². The minimum Gasteiger partial charge on any atom is -0.478 e. The third-order valence-electron chi connectivity index (χ3n) is 1.77. The van der Waals surface area contributed by atoms with Crippen LogP contribution in [0.3, 0.4) is 0 Å². The molecular formula is C8H5ClN2O2. The average molecular weight is 197 g/mol. The van der Waals surface area contributed by atoms with Gasteiger partial charge in [-0.15, -0.1) is 0 Å². The van der Waals surface area contributed by atoms with Crippen LogP contribution in [0.1, 0.15) is 10.4 Å². The van der Waals surface area contributed by atoms with E-state index in [-0.39, 0.29) is 10.7 Å². The molecule has 0 aromatic carbocycles. The molecule has 0 bridgehead atoms. The summed E-state index contributed by atoms with van der Waals surface area (Å²) in [6.45, 7) is 0. The van der Waals surface area contributed by atoms with Crippen molar-refractivity contribution in [3.05, 3.63) is 29.2 Å². The minimum atomic E-state index is -1.08. The fourth-order valence-corrected chi connectivity index (χ4v) is 1.42. The van der Waals surface area contributed by atoms with Gasteiger partial charge in [0.05, 0.1) is 5.52 Å². The molecule has 0 spiro atoms. The fourth-order valence-electron chi connectivity index (χ4n) is 1.19. The quantitative estimate of drug-likeness (QED) is 0.685. The predicted octanol–water partition coefficient (Wildman–Crippen LogP) is 1.91. The molecule has 0 aliphatic carbocycles. The Kier molecular flexibility index (Phi) is 1.70. The van der Waals surface area contributed by atoms with Crippen LogP contribution in [0.15, 0.2) is 18.5 Å². The Hall–Kier alpha value is -1.55. The van der Waals surface area contributed by atoms with Crippen LogP contribution in [-0.2, 0) is 0 Å². The van der Waals surface area contributed by atoms with Crippen molar-refractivity contribution < 1.29 is 9.90 Å². The summed E-state index contributed by atoms with van der Waals surface area (Å²) in [5.41, 5.74) is 0.525. The van der Waals surface area contributed by atoms with E-state index in [1.165, 1.54) is 6.20 Å². The number of carboxylic acid groups (broad SMARTS) is 1. The second kappa shape index (κ2) is 2.74. The highest BCUT2D eigenvalue weighted by atomic mass is 35.5. The van der Waals surface area contributed by atoms with E-state index in [9.17, 15) is 4.79 Å². The lowest BCUT2D eigenvalue weighted by atomic mass is 10.2. The van der Waals surface area contributed by atoms with Gasteiger partial charge in [-0.05, 0) is 6.07 Å². The smallest absolute Gasteiger partial charge is 0.341 e. The van der Waals surface area contributed by atoms with Gasteiger partial charge in [0, 0.05) is 17.8 Å². The van der Waals surface area contributed by atoms with Crippen LogP contribution in [0.25, 0.3) is 10.9 Å². The SMILES string of the molecule is O=C(O)c1c(Cl)ncc2cc[nH]c12. The summed E-state index contributed by atoms with van der Waals surface area (Å²) < 4.78 is 0. The molecule has 0 radical (unpaired) electrons. The maximum absolute atomic E-state index is 10.8. The fraction of sp³-hybridized carbons (Fsp3) is 0. The molecule has 5 heteroatoms. The Bertz CT molecular complexity index is 478. The minimum absolute atomic E-state index is 0.00227. The zero-order chi connectivity index (χ0) is 9.42. The van der Waals surface area contributed by atoms with Gasteiger partial charge in [-0.1, -0.05) is 11.6 Å². The molecule has 0 unspecified atom stereocenters. The average Bonchev–Trinajstić information content (AvgIpc) is 2.50. The molecule has 0 atom stereocenters. The number of carboxylic acids is 1. The molecule has 2 heterocycles. The molecule has 2 rings (SSSR count). The van der Waals surface area contributed by atoms with E-state index in [0.29, 0.717) is 5.52 Å². The van der Waals surface area contributed by atoms with Crippen molar-refractivity contribution in [1.29, 1.82) is 0 Å². The Balaban J connectivity index is 2.88. The van der Waals surface area contributed by atoms with Crippen LogP contribution >= 0.6 is 11.6 Å². The topological polar surface area (TPSA) is 66.0 Å². The van der Waals surface area contributed by atoms with E-state index in [1.807, 2.05) is 0 Å². The first kappa shape index (κ1) is 8.07.